The Morgan fingerprint density at radius 1 is 1.25 bits per heavy atom. The van der Waals surface area contributed by atoms with Crippen LogP contribution in [0.1, 0.15) is 33.7 Å². The number of hydrogen-bond acceptors (Lipinski definition) is 5. The van der Waals surface area contributed by atoms with Gasteiger partial charge in [-0.15, -0.1) is 0 Å². The number of aromatic nitrogens is 2. The molecule has 0 unspecified atom stereocenters. The highest BCUT2D eigenvalue weighted by atomic mass is 19.1. The number of rotatable bonds is 3. The molecule has 142 valence electrons. The van der Waals surface area contributed by atoms with E-state index in [1.54, 1.807) is 49.5 Å². The normalized spacial score (nSPS) is 18.1. The number of aryl methyl sites for hydroxylation is 1. The highest BCUT2D eigenvalue weighted by Gasteiger charge is 2.43. The average molecular weight is 378 g/mol. The number of amides is 1. The molecular formula is C21H19FN4O2. The van der Waals surface area contributed by atoms with Gasteiger partial charge >= 0.3 is 0 Å². The number of pyridine rings is 2. The summed E-state index contributed by atoms with van der Waals surface area (Å²) in [7, 11) is 0. The van der Waals surface area contributed by atoms with Crippen molar-refractivity contribution in [1.29, 1.82) is 0 Å². The van der Waals surface area contributed by atoms with Crippen molar-refractivity contribution in [1.82, 2.24) is 15.3 Å². The number of halogens is 1. The van der Waals surface area contributed by atoms with Crippen molar-refractivity contribution in [3.63, 3.8) is 0 Å². The summed E-state index contributed by atoms with van der Waals surface area (Å²) in [4.78, 5) is 21.5. The van der Waals surface area contributed by atoms with Crippen LogP contribution in [0.25, 0.3) is 0 Å². The fourth-order valence-electron chi connectivity index (χ4n) is 3.39. The molecule has 7 heteroatoms. The van der Waals surface area contributed by atoms with E-state index < -0.39 is 11.4 Å². The van der Waals surface area contributed by atoms with Crippen molar-refractivity contribution >= 4 is 11.6 Å². The molecule has 0 aliphatic carbocycles. The number of nitrogens with two attached hydrogens (primary N) is 1. The zero-order chi connectivity index (χ0) is 19.7. The van der Waals surface area contributed by atoms with Gasteiger partial charge in [-0.2, -0.15) is 0 Å². The fourth-order valence-corrected chi connectivity index (χ4v) is 3.39. The summed E-state index contributed by atoms with van der Waals surface area (Å²) in [5.74, 6) is -0.194. The van der Waals surface area contributed by atoms with Crippen molar-refractivity contribution in [3.05, 3.63) is 83.2 Å². The van der Waals surface area contributed by atoms with Crippen molar-refractivity contribution in [2.75, 3.05) is 12.3 Å². The first-order chi connectivity index (χ1) is 13.5. The molecule has 0 fully saturated rings. The maximum absolute atomic E-state index is 14.4. The molecule has 0 bridgehead atoms. The topological polar surface area (TPSA) is 90.1 Å². The Balaban J connectivity index is 1.84. The number of hydrogen-bond donors (Lipinski definition) is 2. The van der Waals surface area contributed by atoms with E-state index in [4.69, 9.17) is 10.5 Å². The van der Waals surface area contributed by atoms with Crippen molar-refractivity contribution in [3.8, 4) is 5.75 Å². The highest BCUT2D eigenvalue weighted by Crippen LogP contribution is 2.41. The minimum absolute atomic E-state index is 0.213. The number of nitrogens with one attached hydrogen (secondary N) is 1. The molecular weight excluding hydrogens is 359 g/mol. The lowest BCUT2D eigenvalue weighted by molar-refractivity contribution is 0.0878. The lowest BCUT2D eigenvalue weighted by atomic mass is 9.81. The maximum atomic E-state index is 14.4. The molecule has 0 radical (unpaired) electrons. The van der Waals surface area contributed by atoms with E-state index in [9.17, 15) is 9.18 Å². The van der Waals surface area contributed by atoms with Gasteiger partial charge in [-0.05, 0) is 48.4 Å². The van der Waals surface area contributed by atoms with Crippen LogP contribution in [0.2, 0.25) is 0 Å². The van der Waals surface area contributed by atoms with Crippen LogP contribution in [0.3, 0.4) is 0 Å². The monoisotopic (exact) mass is 378 g/mol. The van der Waals surface area contributed by atoms with E-state index in [0.717, 1.165) is 0 Å². The Kier molecular flexibility index (Phi) is 4.43. The predicted molar refractivity (Wildman–Crippen MR) is 102 cm³/mol. The Bertz CT molecular complexity index is 1040. The summed E-state index contributed by atoms with van der Waals surface area (Å²) < 4.78 is 20.1. The van der Waals surface area contributed by atoms with Gasteiger partial charge in [0.2, 0.25) is 0 Å². The van der Waals surface area contributed by atoms with Crippen LogP contribution in [0.4, 0.5) is 10.1 Å². The van der Waals surface area contributed by atoms with E-state index in [0.29, 0.717) is 41.3 Å². The second-order valence-corrected chi connectivity index (χ2v) is 6.75. The fraction of sp³-hybridized carbons (Fsp3) is 0.190. The van der Waals surface area contributed by atoms with Crippen LogP contribution >= 0.6 is 0 Å². The molecule has 1 aliphatic heterocycles. The molecule has 28 heavy (non-hydrogen) atoms. The third kappa shape index (κ3) is 3.05. The van der Waals surface area contributed by atoms with Gasteiger partial charge in [0.1, 0.15) is 28.5 Å². The molecule has 1 aliphatic rings. The van der Waals surface area contributed by atoms with Gasteiger partial charge in [0.15, 0.2) is 0 Å². The molecule has 1 atom stereocenters. The van der Waals surface area contributed by atoms with Crippen molar-refractivity contribution in [2.24, 2.45) is 0 Å². The summed E-state index contributed by atoms with van der Waals surface area (Å²) in [6, 6.07) is 11.6. The second kappa shape index (κ2) is 6.92. The lowest BCUT2D eigenvalue weighted by Gasteiger charge is -2.39. The molecule has 3 aromatic rings. The molecule has 6 nitrogen and oxygen atoms in total. The number of carbonyl (C=O) groups is 1. The van der Waals surface area contributed by atoms with Gasteiger partial charge in [-0.25, -0.2) is 9.37 Å². The number of benzene rings is 1. The minimum Gasteiger partial charge on any atom is -0.491 e. The number of carbonyl (C=O) groups excluding carboxylic acids is 1. The molecule has 0 saturated heterocycles. The van der Waals surface area contributed by atoms with E-state index in [1.807, 2.05) is 0 Å². The number of ether oxygens (including phenoxy) is 1. The van der Waals surface area contributed by atoms with Gasteiger partial charge in [0.25, 0.3) is 5.91 Å². The molecule has 0 spiro atoms. The Hall–Kier alpha value is -3.48. The zero-order valence-corrected chi connectivity index (χ0v) is 15.3. The van der Waals surface area contributed by atoms with Crippen LogP contribution in [0.15, 0.2) is 54.9 Å². The third-order valence-electron chi connectivity index (χ3n) is 4.92. The van der Waals surface area contributed by atoms with Gasteiger partial charge in [-0.1, -0.05) is 12.1 Å². The third-order valence-corrected chi connectivity index (χ3v) is 4.92. The van der Waals surface area contributed by atoms with E-state index in [-0.39, 0.29) is 11.5 Å². The van der Waals surface area contributed by atoms with E-state index >= 15 is 0 Å². The summed E-state index contributed by atoms with van der Waals surface area (Å²) in [5, 5.41) is 3.04. The lowest BCUT2D eigenvalue weighted by Crippen LogP contribution is -2.50. The molecule has 1 amide bonds. The Labute approximate surface area is 161 Å². The summed E-state index contributed by atoms with van der Waals surface area (Å²) in [5.41, 5.74) is 6.96. The Morgan fingerprint density at radius 3 is 2.86 bits per heavy atom. The Morgan fingerprint density at radius 2 is 2.11 bits per heavy atom. The standard InChI is InChI=1S/C21H19FN4O2/c1-13-4-5-14(11-16(13)22)21(8-10-28-18-3-2-9-24-19(18)21)26-20(27)17-7-6-15(23)12-25-17/h2-7,9,11-12H,8,10,23H2,1H3,(H,26,27)/t21-/m0/s1. The minimum atomic E-state index is -1.04. The van der Waals surface area contributed by atoms with Crippen LogP contribution in [0, 0.1) is 12.7 Å². The summed E-state index contributed by atoms with van der Waals surface area (Å²) in [6.07, 6.45) is 3.45. The van der Waals surface area contributed by atoms with Gasteiger partial charge in [0, 0.05) is 12.6 Å². The molecule has 3 N–H and O–H groups in total. The number of nitrogen functional groups attached to an aromatic ring is 1. The molecule has 2 aromatic heterocycles. The van der Waals surface area contributed by atoms with Crippen LogP contribution < -0.4 is 15.8 Å². The second-order valence-electron chi connectivity index (χ2n) is 6.75. The summed E-state index contributed by atoms with van der Waals surface area (Å²) >= 11 is 0. The quantitative estimate of drug-likeness (QED) is 0.731. The van der Waals surface area contributed by atoms with Gasteiger partial charge in [0.05, 0.1) is 18.5 Å². The van der Waals surface area contributed by atoms with Gasteiger partial charge < -0.3 is 15.8 Å². The maximum Gasteiger partial charge on any atom is 0.270 e. The summed E-state index contributed by atoms with van der Waals surface area (Å²) in [6.45, 7) is 2.04. The number of anilines is 1. The van der Waals surface area contributed by atoms with Crippen molar-refractivity contribution < 1.29 is 13.9 Å². The predicted octanol–water partition coefficient (Wildman–Crippen LogP) is 2.96. The SMILES string of the molecule is Cc1ccc([C@@]2(NC(=O)c3ccc(N)cn3)CCOc3cccnc32)cc1F. The number of fused-ring (bicyclic) bond motifs is 1. The van der Waals surface area contributed by atoms with Crippen LogP contribution in [-0.2, 0) is 5.54 Å². The molecule has 0 saturated carbocycles. The first-order valence-corrected chi connectivity index (χ1v) is 8.88. The molecule has 4 rings (SSSR count). The van der Waals surface area contributed by atoms with E-state index in [2.05, 4.69) is 15.3 Å². The van der Waals surface area contributed by atoms with Crippen LogP contribution in [0.5, 0.6) is 5.75 Å². The van der Waals surface area contributed by atoms with Crippen molar-refractivity contribution in [2.45, 2.75) is 18.9 Å². The van der Waals surface area contributed by atoms with E-state index in [1.165, 1.54) is 12.3 Å². The largest absolute Gasteiger partial charge is 0.491 e. The average Bonchev–Trinajstić information content (AvgIpc) is 2.70. The first kappa shape index (κ1) is 17.9. The first-order valence-electron chi connectivity index (χ1n) is 8.88. The zero-order valence-electron chi connectivity index (χ0n) is 15.3. The van der Waals surface area contributed by atoms with Gasteiger partial charge in [-0.3, -0.25) is 9.78 Å². The van der Waals surface area contributed by atoms with Crippen LogP contribution in [-0.4, -0.2) is 22.5 Å². The highest BCUT2D eigenvalue weighted by molar-refractivity contribution is 5.93. The number of nitrogens with zero attached hydrogens (tertiary/aromatic N) is 2. The smallest absolute Gasteiger partial charge is 0.270 e. The molecule has 1 aromatic carbocycles. The molecule has 3 heterocycles.